The van der Waals surface area contributed by atoms with Gasteiger partial charge >= 0.3 is 0 Å². The van der Waals surface area contributed by atoms with Crippen LogP contribution < -0.4 is 0 Å². The average molecular weight is 307 g/mol. The molecule has 0 N–H and O–H groups in total. The zero-order chi connectivity index (χ0) is 11.8. The first-order chi connectivity index (χ1) is 8.25. The molecule has 1 unspecified atom stereocenters. The van der Waals surface area contributed by atoms with Crippen molar-refractivity contribution in [1.29, 1.82) is 0 Å². The molecule has 1 aromatic carbocycles. The van der Waals surface area contributed by atoms with E-state index >= 15 is 0 Å². The first kappa shape index (κ1) is 11.1. The van der Waals surface area contributed by atoms with Crippen LogP contribution in [0.1, 0.15) is 21.7 Å². The van der Waals surface area contributed by atoms with Crippen LogP contribution in [0.25, 0.3) is 10.1 Å². The van der Waals surface area contributed by atoms with Crippen molar-refractivity contribution in [2.24, 2.45) is 0 Å². The van der Waals surface area contributed by atoms with Crippen molar-refractivity contribution in [2.45, 2.75) is 11.8 Å². The van der Waals surface area contributed by atoms with Crippen molar-refractivity contribution in [3.8, 4) is 0 Å². The van der Waals surface area contributed by atoms with Crippen LogP contribution in [0, 0.1) is 6.92 Å². The van der Waals surface area contributed by atoms with Gasteiger partial charge < -0.3 is 4.42 Å². The van der Waals surface area contributed by atoms with Gasteiger partial charge in [-0.05, 0) is 35.4 Å². The predicted molar refractivity (Wildman–Crippen MR) is 76.0 cm³/mol. The Hall–Kier alpha value is -1.06. The van der Waals surface area contributed by atoms with Gasteiger partial charge in [0, 0.05) is 10.3 Å². The number of furan rings is 1. The lowest BCUT2D eigenvalue weighted by atomic mass is 10.1. The number of rotatable bonds is 2. The van der Waals surface area contributed by atoms with Gasteiger partial charge in [-0.15, -0.1) is 11.3 Å². The molecule has 0 aliphatic carbocycles. The highest BCUT2D eigenvalue weighted by atomic mass is 79.9. The zero-order valence-electron chi connectivity index (χ0n) is 9.31. The lowest BCUT2D eigenvalue weighted by Crippen LogP contribution is -1.88. The third-order valence-corrected chi connectivity index (χ3v) is 4.83. The van der Waals surface area contributed by atoms with E-state index in [1.165, 1.54) is 21.2 Å². The number of fused-ring (bicyclic) bond motifs is 1. The Morgan fingerprint density at radius 3 is 2.88 bits per heavy atom. The molecule has 2 aromatic heterocycles. The number of benzene rings is 1. The van der Waals surface area contributed by atoms with Crippen LogP contribution in [0.3, 0.4) is 0 Å². The Morgan fingerprint density at radius 2 is 2.12 bits per heavy atom. The van der Waals surface area contributed by atoms with E-state index in [4.69, 9.17) is 4.42 Å². The largest absolute Gasteiger partial charge is 0.469 e. The van der Waals surface area contributed by atoms with E-state index in [1.807, 2.05) is 13.2 Å². The number of halogens is 1. The topological polar surface area (TPSA) is 13.1 Å². The van der Waals surface area contributed by atoms with Crippen molar-refractivity contribution >= 4 is 37.4 Å². The fourth-order valence-corrected chi connectivity index (χ4v) is 3.75. The summed E-state index contributed by atoms with van der Waals surface area (Å²) in [7, 11) is 0. The highest BCUT2D eigenvalue weighted by molar-refractivity contribution is 9.09. The van der Waals surface area contributed by atoms with E-state index in [2.05, 4.69) is 51.6 Å². The molecule has 0 radical (unpaired) electrons. The van der Waals surface area contributed by atoms with Crippen LogP contribution in [-0.2, 0) is 0 Å². The molecule has 0 saturated heterocycles. The molecule has 0 spiro atoms. The fourth-order valence-electron chi connectivity index (χ4n) is 1.97. The summed E-state index contributed by atoms with van der Waals surface area (Å²) < 4.78 is 6.70. The smallest absolute Gasteiger partial charge is 0.101 e. The first-order valence-corrected chi connectivity index (χ1v) is 7.20. The molecule has 1 atom stereocenters. The Morgan fingerprint density at radius 1 is 1.29 bits per heavy atom. The number of hydrogen-bond donors (Lipinski definition) is 0. The Balaban J connectivity index is 2.09. The molecule has 0 amide bonds. The summed E-state index contributed by atoms with van der Waals surface area (Å²) in [6.07, 6.45) is 1.82. The average Bonchev–Trinajstić information content (AvgIpc) is 2.94. The van der Waals surface area contributed by atoms with Crippen molar-refractivity contribution in [2.75, 3.05) is 0 Å². The van der Waals surface area contributed by atoms with Gasteiger partial charge in [0.15, 0.2) is 0 Å². The maximum Gasteiger partial charge on any atom is 0.101 e. The second-order valence-electron chi connectivity index (χ2n) is 4.04. The van der Waals surface area contributed by atoms with E-state index in [-0.39, 0.29) is 4.83 Å². The van der Waals surface area contributed by atoms with Gasteiger partial charge in [0.1, 0.15) is 5.76 Å². The van der Waals surface area contributed by atoms with Gasteiger partial charge in [0.25, 0.3) is 0 Å². The molecular formula is C14H11BrOS. The number of aryl methyl sites for hydroxylation is 1. The molecule has 0 saturated carbocycles. The van der Waals surface area contributed by atoms with Gasteiger partial charge in [-0.1, -0.05) is 34.1 Å². The fraction of sp³-hybridized carbons (Fsp3) is 0.143. The molecular weight excluding hydrogens is 296 g/mol. The van der Waals surface area contributed by atoms with E-state index in [9.17, 15) is 0 Å². The molecule has 3 rings (SSSR count). The van der Waals surface area contributed by atoms with Crippen molar-refractivity contribution in [3.05, 3.63) is 58.9 Å². The van der Waals surface area contributed by atoms with Crippen molar-refractivity contribution < 1.29 is 4.42 Å². The number of alkyl halides is 1. The summed E-state index contributed by atoms with van der Waals surface area (Å²) in [4.78, 5) is 0.205. The first-order valence-electron chi connectivity index (χ1n) is 5.41. The summed E-state index contributed by atoms with van der Waals surface area (Å²) in [5.41, 5.74) is 2.48. The highest BCUT2D eigenvalue weighted by Gasteiger charge is 2.16. The molecule has 0 aliphatic rings. The Bertz CT molecular complexity index is 653. The second kappa shape index (κ2) is 4.31. The summed E-state index contributed by atoms with van der Waals surface area (Å²) in [5, 5.41) is 3.53. The quantitative estimate of drug-likeness (QED) is 0.587. The van der Waals surface area contributed by atoms with Crippen LogP contribution in [0.2, 0.25) is 0 Å². The third-order valence-electron chi connectivity index (χ3n) is 2.83. The van der Waals surface area contributed by atoms with Crippen LogP contribution in [0.4, 0.5) is 0 Å². The van der Waals surface area contributed by atoms with Crippen LogP contribution in [-0.4, -0.2) is 0 Å². The molecule has 1 nitrogen and oxygen atoms in total. The summed E-state index contributed by atoms with van der Waals surface area (Å²) >= 11 is 5.54. The molecule has 0 aliphatic heterocycles. The van der Waals surface area contributed by atoms with E-state index in [0.29, 0.717) is 0 Å². The van der Waals surface area contributed by atoms with E-state index < -0.39 is 0 Å². The van der Waals surface area contributed by atoms with E-state index in [0.717, 1.165) is 5.76 Å². The third kappa shape index (κ3) is 1.94. The molecule has 0 bridgehead atoms. The van der Waals surface area contributed by atoms with Gasteiger partial charge in [-0.2, -0.15) is 0 Å². The van der Waals surface area contributed by atoms with Gasteiger partial charge in [-0.3, -0.25) is 0 Å². The van der Waals surface area contributed by atoms with Crippen LogP contribution in [0.15, 0.2) is 46.4 Å². The minimum atomic E-state index is 0.205. The molecule has 0 fully saturated rings. The standard InChI is InChI=1S/C14H11BrOS/c1-9-6-10(7-16-9)14(15)12-8-17-13-5-3-2-4-11(12)13/h2-8,14H,1H3. The van der Waals surface area contributed by atoms with Gasteiger partial charge in [0.05, 0.1) is 11.1 Å². The number of thiophene rings is 1. The lowest BCUT2D eigenvalue weighted by molar-refractivity contribution is 0.532. The minimum Gasteiger partial charge on any atom is -0.469 e. The zero-order valence-corrected chi connectivity index (χ0v) is 11.7. The predicted octanol–water partition coefficient (Wildman–Crippen LogP) is 5.29. The molecule has 86 valence electrons. The molecule has 3 aromatic rings. The van der Waals surface area contributed by atoms with Gasteiger partial charge in [-0.25, -0.2) is 0 Å². The maximum atomic E-state index is 5.37. The SMILES string of the molecule is Cc1cc(C(Br)c2csc3ccccc23)co1. The highest BCUT2D eigenvalue weighted by Crippen LogP contribution is 2.38. The summed E-state index contributed by atoms with van der Waals surface area (Å²) in [5.74, 6) is 0.948. The Kier molecular flexibility index (Phi) is 2.81. The van der Waals surface area contributed by atoms with Crippen molar-refractivity contribution in [3.63, 3.8) is 0 Å². The normalized spacial score (nSPS) is 13.1. The summed E-state index contributed by atoms with van der Waals surface area (Å²) in [6, 6.07) is 10.6. The van der Waals surface area contributed by atoms with Crippen LogP contribution >= 0.6 is 27.3 Å². The van der Waals surface area contributed by atoms with E-state index in [1.54, 1.807) is 11.3 Å². The lowest BCUT2D eigenvalue weighted by Gasteiger charge is -2.05. The van der Waals surface area contributed by atoms with Crippen molar-refractivity contribution in [1.82, 2.24) is 0 Å². The summed E-state index contributed by atoms with van der Waals surface area (Å²) in [6.45, 7) is 1.97. The minimum absolute atomic E-state index is 0.205. The number of hydrogen-bond acceptors (Lipinski definition) is 2. The maximum absolute atomic E-state index is 5.37. The molecule has 2 heterocycles. The molecule has 3 heteroatoms. The monoisotopic (exact) mass is 306 g/mol. The Labute approximate surface area is 112 Å². The molecule has 17 heavy (non-hydrogen) atoms. The second-order valence-corrected chi connectivity index (χ2v) is 5.87. The van der Waals surface area contributed by atoms with Crippen LogP contribution in [0.5, 0.6) is 0 Å². The van der Waals surface area contributed by atoms with Gasteiger partial charge in [0.2, 0.25) is 0 Å².